The van der Waals surface area contributed by atoms with Gasteiger partial charge in [-0.2, -0.15) is 0 Å². The van der Waals surface area contributed by atoms with E-state index in [9.17, 15) is 4.79 Å². The molecule has 1 amide bonds. The molecule has 0 aromatic carbocycles. The van der Waals surface area contributed by atoms with Gasteiger partial charge in [-0.05, 0) is 27.2 Å². The topological polar surface area (TPSA) is 49.6 Å². The first-order chi connectivity index (χ1) is 6.52. The van der Waals surface area contributed by atoms with Crippen molar-refractivity contribution in [1.82, 2.24) is 10.0 Å². The maximum absolute atomic E-state index is 11.7. The fourth-order valence-corrected chi connectivity index (χ4v) is 1.92. The maximum atomic E-state index is 11.7. The lowest BCUT2D eigenvalue weighted by molar-refractivity contribution is -0.160. The van der Waals surface area contributed by atoms with Crippen LogP contribution in [0.4, 0.5) is 0 Å². The van der Waals surface area contributed by atoms with E-state index in [4.69, 9.17) is 5.73 Å². The second-order valence-electron chi connectivity index (χ2n) is 4.33. The van der Waals surface area contributed by atoms with E-state index >= 15 is 0 Å². The largest absolute Gasteiger partial charge is 0.327 e. The summed E-state index contributed by atoms with van der Waals surface area (Å²) in [7, 11) is 0. The Morgan fingerprint density at radius 1 is 1.43 bits per heavy atom. The molecule has 0 aromatic rings. The lowest BCUT2D eigenvalue weighted by Gasteiger charge is -2.41. The lowest BCUT2D eigenvalue weighted by atomic mass is 10.2. The van der Waals surface area contributed by atoms with Crippen LogP contribution in [-0.4, -0.2) is 41.1 Å². The molecule has 1 aliphatic heterocycles. The third kappa shape index (κ3) is 2.69. The Labute approximate surface area is 86.0 Å². The second kappa shape index (κ2) is 4.75. The Bertz CT molecular complexity index is 204. The summed E-state index contributed by atoms with van der Waals surface area (Å²) >= 11 is 0. The summed E-state index contributed by atoms with van der Waals surface area (Å²) in [5, 5.41) is 3.94. The van der Waals surface area contributed by atoms with Gasteiger partial charge in [-0.3, -0.25) is 9.80 Å². The smallest absolute Gasteiger partial charge is 0.237 e. The van der Waals surface area contributed by atoms with Gasteiger partial charge in [-0.1, -0.05) is 0 Å². The van der Waals surface area contributed by atoms with Gasteiger partial charge >= 0.3 is 0 Å². The molecule has 0 spiro atoms. The van der Waals surface area contributed by atoms with E-state index in [-0.39, 0.29) is 18.0 Å². The van der Waals surface area contributed by atoms with Crippen LogP contribution in [0.15, 0.2) is 0 Å². The van der Waals surface area contributed by atoms with Crippen molar-refractivity contribution >= 4 is 5.91 Å². The van der Waals surface area contributed by atoms with Crippen molar-refractivity contribution in [2.24, 2.45) is 5.73 Å². The number of amides is 1. The van der Waals surface area contributed by atoms with Crippen molar-refractivity contribution in [2.75, 3.05) is 13.1 Å². The molecule has 1 saturated heterocycles. The van der Waals surface area contributed by atoms with E-state index in [1.807, 2.05) is 25.8 Å². The Kier molecular flexibility index (Phi) is 3.89. The third-order valence-electron chi connectivity index (χ3n) is 2.35. The van der Waals surface area contributed by atoms with Crippen LogP contribution in [-0.2, 0) is 4.79 Å². The van der Waals surface area contributed by atoms with Gasteiger partial charge in [0.2, 0.25) is 5.91 Å². The van der Waals surface area contributed by atoms with Crippen LogP contribution in [0.2, 0.25) is 0 Å². The summed E-state index contributed by atoms with van der Waals surface area (Å²) < 4.78 is 0. The van der Waals surface area contributed by atoms with Crippen LogP contribution in [0.3, 0.4) is 0 Å². The van der Waals surface area contributed by atoms with Crippen molar-refractivity contribution < 1.29 is 4.79 Å². The van der Waals surface area contributed by atoms with Crippen LogP contribution in [0, 0.1) is 0 Å². The van der Waals surface area contributed by atoms with Gasteiger partial charge in [0.25, 0.3) is 0 Å². The summed E-state index contributed by atoms with van der Waals surface area (Å²) in [4.78, 5) is 11.7. The van der Waals surface area contributed by atoms with Crippen molar-refractivity contribution in [2.45, 2.75) is 45.7 Å². The normalized spacial score (nSPS) is 21.8. The minimum absolute atomic E-state index is 0.113. The summed E-state index contributed by atoms with van der Waals surface area (Å²) in [5.41, 5.74) is 5.75. The molecule has 0 saturated carbocycles. The van der Waals surface area contributed by atoms with E-state index in [2.05, 4.69) is 5.01 Å². The highest BCUT2D eigenvalue weighted by Gasteiger charge is 2.28. The minimum atomic E-state index is 0.113. The van der Waals surface area contributed by atoms with E-state index in [0.717, 1.165) is 19.5 Å². The second-order valence-corrected chi connectivity index (χ2v) is 4.33. The number of hydrazine groups is 1. The molecule has 1 fully saturated rings. The van der Waals surface area contributed by atoms with Crippen LogP contribution in [0.1, 0.15) is 33.6 Å². The quantitative estimate of drug-likeness (QED) is 0.723. The van der Waals surface area contributed by atoms with E-state index in [0.29, 0.717) is 6.42 Å². The van der Waals surface area contributed by atoms with Crippen LogP contribution < -0.4 is 5.73 Å². The van der Waals surface area contributed by atoms with Gasteiger partial charge < -0.3 is 5.73 Å². The van der Waals surface area contributed by atoms with E-state index in [1.54, 1.807) is 0 Å². The van der Waals surface area contributed by atoms with Gasteiger partial charge in [-0.25, -0.2) is 5.01 Å². The first-order valence-corrected chi connectivity index (χ1v) is 5.35. The molecule has 1 rings (SSSR count). The molecule has 1 atom stereocenters. The van der Waals surface area contributed by atoms with Crippen molar-refractivity contribution in [3.63, 3.8) is 0 Å². The zero-order valence-corrected chi connectivity index (χ0v) is 9.36. The number of rotatable bonds is 3. The summed E-state index contributed by atoms with van der Waals surface area (Å²) in [5.74, 6) is 0.229. The monoisotopic (exact) mass is 199 g/mol. The lowest BCUT2D eigenvalue weighted by Crippen LogP contribution is -2.56. The number of nitrogens with zero attached hydrogens (tertiary/aromatic N) is 2. The molecule has 82 valence electrons. The molecule has 0 aromatic heterocycles. The van der Waals surface area contributed by atoms with Crippen LogP contribution in [0.5, 0.6) is 0 Å². The van der Waals surface area contributed by atoms with Gasteiger partial charge in [0.15, 0.2) is 0 Å². The molecule has 0 radical (unpaired) electrons. The fraction of sp³-hybridized carbons (Fsp3) is 0.900. The molecule has 4 nitrogen and oxygen atoms in total. The molecule has 0 bridgehead atoms. The number of hydrogen-bond acceptors (Lipinski definition) is 3. The van der Waals surface area contributed by atoms with Crippen molar-refractivity contribution in [3.8, 4) is 0 Å². The number of carbonyl (C=O) groups excluding carboxylic acids is 1. The van der Waals surface area contributed by atoms with Gasteiger partial charge in [0.05, 0.1) is 0 Å². The first kappa shape index (κ1) is 11.5. The molecule has 0 aliphatic carbocycles. The number of nitrogens with two attached hydrogens (primary N) is 1. The van der Waals surface area contributed by atoms with Gasteiger partial charge in [0, 0.05) is 31.6 Å². The number of carbonyl (C=O) groups is 1. The average Bonchev–Trinajstić information content (AvgIpc) is 2.01. The molecule has 14 heavy (non-hydrogen) atoms. The highest BCUT2D eigenvalue weighted by Crippen LogP contribution is 2.15. The molecular weight excluding hydrogens is 178 g/mol. The zero-order chi connectivity index (χ0) is 10.7. The first-order valence-electron chi connectivity index (χ1n) is 5.35. The summed E-state index contributed by atoms with van der Waals surface area (Å²) in [6, 6.07) is 0.351. The van der Waals surface area contributed by atoms with E-state index in [1.165, 1.54) is 0 Å². The predicted molar refractivity (Wildman–Crippen MR) is 56.4 cm³/mol. The average molecular weight is 199 g/mol. The standard InChI is InChI=1S/C10H21N3O/c1-8(2)13-10(14)5-4-6-12(13)7-9(3)11/h8-9H,4-7,11H2,1-3H3. The Hall–Kier alpha value is -0.610. The third-order valence-corrected chi connectivity index (χ3v) is 2.35. The minimum Gasteiger partial charge on any atom is -0.327 e. The van der Waals surface area contributed by atoms with Crippen molar-refractivity contribution in [3.05, 3.63) is 0 Å². The highest BCUT2D eigenvalue weighted by molar-refractivity contribution is 5.76. The number of hydrogen-bond donors (Lipinski definition) is 1. The van der Waals surface area contributed by atoms with Gasteiger partial charge in [0.1, 0.15) is 0 Å². The van der Waals surface area contributed by atoms with Gasteiger partial charge in [-0.15, -0.1) is 0 Å². The molecule has 1 heterocycles. The fourth-order valence-electron chi connectivity index (χ4n) is 1.92. The Balaban J connectivity index is 2.65. The molecular formula is C10H21N3O. The molecule has 1 unspecified atom stereocenters. The SMILES string of the molecule is CC(N)CN1CCCC(=O)N1C(C)C. The molecule has 4 heteroatoms. The Morgan fingerprint density at radius 2 is 2.07 bits per heavy atom. The predicted octanol–water partition coefficient (Wildman–Crippen LogP) is 0.581. The van der Waals surface area contributed by atoms with Crippen molar-refractivity contribution in [1.29, 1.82) is 0 Å². The van der Waals surface area contributed by atoms with E-state index < -0.39 is 0 Å². The van der Waals surface area contributed by atoms with Crippen LogP contribution in [0.25, 0.3) is 0 Å². The Morgan fingerprint density at radius 3 is 2.57 bits per heavy atom. The molecule has 1 aliphatic rings. The maximum Gasteiger partial charge on any atom is 0.237 e. The highest BCUT2D eigenvalue weighted by atomic mass is 16.2. The van der Waals surface area contributed by atoms with Crippen LogP contribution >= 0.6 is 0 Å². The summed E-state index contributed by atoms with van der Waals surface area (Å²) in [6.07, 6.45) is 1.63. The molecule has 2 N–H and O–H groups in total. The zero-order valence-electron chi connectivity index (χ0n) is 9.36. The summed E-state index contributed by atoms with van der Waals surface area (Å²) in [6.45, 7) is 7.77.